The van der Waals surface area contributed by atoms with Crippen LogP contribution in [0, 0.1) is 24.6 Å². The fourth-order valence-electron chi connectivity index (χ4n) is 11.5. The van der Waals surface area contributed by atoms with Crippen LogP contribution in [0.5, 0.6) is 17.6 Å². The van der Waals surface area contributed by atoms with Crippen LogP contribution in [0.3, 0.4) is 0 Å². The molecule has 0 saturated carbocycles. The lowest BCUT2D eigenvalue weighted by atomic mass is 9.89. The molecule has 3 saturated heterocycles. The molecule has 0 spiro atoms. The summed E-state index contributed by atoms with van der Waals surface area (Å²) in [6, 6.07) is 21.0. The first-order valence-electron chi connectivity index (χ1n) is 27.2. The monoisotopic (exact) mass is 1130 g/mol. The zero-order chi connectivity index (χ0) is 56.5. The number of aromatic hydroxyl groups is 1. The number of likely N-dealkylation sites (tertiary alicyclic amines) is 2. The van der Waals surface area contributed by atoms with Crippen molar-refractivity contribution in [2.24, 2.45) is 11.8 Å². The SMILES string of the molecule is C=C(F)C(=O)N1CCN(c2nc(O[C@H](C)CN3CCC(COc4cc([C@H](C(=O)N5C[C@H](O)C[C@H]5C(=O)C[C@@H](C)c5ccc(-c6scnc6C)cc5)C(C)C)on4)CC3)nc3c(F)c(-c4cc(O)cc5ccccc45)c(Cl)cc23)CC1. The van der Waals surface area contributed by atoms with Crippen molar-refractivity contribution < 1.29 is 47.4 Å². The molecule has 16 nitrogen and oxygen atoms in total. The highest BCUT2D eigenvalue weighted by atomic mass is 35.5. The molecule has 3 aliphatic heterocycles. The minimum atomic E-state index is -1.05. The number of carbonyl (C=O) groups is 3. The molecule has 4 aromatic carbocycles. The van der Waals surface area contributed by atoms with Gasteiger partial charge in [0.25, 0.3) is 11.8 Å². The summed E-state index contributed by atoms with van der Waals surface area (Å²) in [6.07, 6.45) is 0.755. The number of rotatable bonds is 18. The van der Waals surface area contributed by atoms with E-state index >= 15 is 4.39 Å². The molecule has 3 aliphatic rings. The van der Waals surface area contributed by atoms with Gasteiger partial charge in [0.05, 0.1) is 39.9 Å². The molecule has 80 heavy (non-hydrogen) atoms. The lowest BCUT2D eigenvalue weighted by Crippen LogP contribution is -2.49. The maximum Gasteiger partial charge on any atom is 0.319 e. The van der Waals surface area contributed by atoms with E-state index < -0.39 is 41.7 Å². The molecule has 5 atom stereocenters. The standard InChI is InChI=1S/C60H65ClF2N8O8S/c1-33(2)52(59(76)71-30-43(73)26-48(71)49(74)23-34(3)39-11-13-40(14-12-39)56-37(6)64-32-80-56)50-28-51(67-79-50)77-31-38-15-17-68(18-16-38)29-35(4)78-60-65-55-46(57(66-60)69-19-21-70(22-20-69)58(75)36(5)62)27-47(61)53(54(55)63)45-25-42(72)24-41-9-7-8-10-44(41)45/h7-14,24-25,27-28,32-35,38,43,48,52,72-73H,5,15-23,26,29-31H2,1-4,6H3/t34-,35-,43-,48+,52-/m1/s1. The van der Waals surface area contributed by atoms with Crippen molar-refractivity contribution in [3.8, 4) is 39.2 Å². The minimum absolute atomic E-state index is 0.0415. The van der Waals surface area contributed by atoms with Crippen LogP contribution >= 0.6 is 22.9 Å². The van der Waals surface area contributed by atoms with E-state index in [9.17, 15) is 29.0 Å². The Bertz CT molecular complexity index is 3430. The summed E-state index contributed by atoms with van der Waals surface area (Å²) in [6.45, 7) is 16.1. The van der Waals surface area contributed by atoms with E-state index in [1.54, 1.807) is 29.5 Å². The van der Waals surface area contributed by atoms with Gasteiger partial charge in [-0.3, -0.25) is 19.3 Å². The van der Waals surface area contributed by atoms with Crippen LogP contribution in [0.2, 0.25) is 5.02 Å². The summed E-state index contributed by atoms with van der Waals surface area (Å²) in [5, 5.41) is 27.5. The predicted molar refractivity (Wildman–Crippen MR) is 303 cm³/mol. The van der Waals surface area contributed by atoms with Crippen molar-refractivity contribution in [1.29, 1.82) is 0 Å². The number of amides is 2. The van der Waals surface area contributed by atoms with Gasteiger partial charge in [-0.1, -0.05) is 87.5 Å². The summed E-state index contributed by atoms with van der Waals surface area (Å²) in [5.41, 5.74) is 5.30. The topological polar surface area (TPSA) is 188 Å². The van der Waals surface area contributed by atoms with Crippen molar-refractivity contribution in [2.45, 2.75) is 90.4 Å². The van der Waals surface area contributed by atoms with Gasteiger partial charge < -0.3 is 38.9 Å². The number of β-amino-alcohol motifs (C(OH)–C–C–N with tert-alkyl or cyclic N) is 1. The fraction of sp³-hybridized carbons (Fsp3) is 0.417. The Hall–Kier alpha value is -7.06. The van der Waals surface area contributed by atoms with Gasteiger partial charge >= 0.3 is 6.01 Å². The summed E-state index contributed by atoms with van der Waals surface area (Å²) in [7, 11) is 0. The number of piperazine rings is 1. The van der Waals surface area contributed by atoms with E-state index in [4.69, 9.17) is 30.6 Å². The zero-order valence-corrected chi connectivity index (χ0v) is 47.0. The number of aliphatic hydroxyl groups is 1. The van der Waals surface area contributed by atoms with Crippen LogP contribution in [-0.2, 0) is 14.4 Å². The largest absolute Gasteiger partial charge is 0.508 e. The quantitative estimate of drug-likeness (QED) is 0.0773. The molecule has 2 amide bonds. The fourth-order valence-corrected chi connectivity index (χ4v) is 12.6. The van der Waals surface area contributed by atoms with Gasteiger partial charge in [-0.15, -0.1) is 11.3 Å². The number of carbonyl (C=O) groups excluding carboxylic acids is 3. The molecule has 0 aliphatic carbocycles. The Morgan fingerprint density at radius 3 is 2.39 bits per heavy atom. The predicted octanol–water partition coefficient (Wildman–Crippen LogP) is 10.5. The first-order chi connectivity index (χ1) is 38.4. The Kier molecular flexibility index (Phi) is 16.8. The smallest absolute Gasteiger partial charge is 0.319 e. The molecule has 20 heteroatoms. The molecule has 3 aromatic heterocycles. The van der Waals surface area contributed by atoms with Crippen molar-refractivity contribution in [3.05, 3.63) is 119 Å². The number of benzene rings is 4. The molecular formula is C60H65ClF2N8O8S. The Balaban J connectivity index is 0.762. The third kappa shape index (κ3) is 12.0. The van der Waals surface area contributed by atoms with Crippen LogP contribution in [0.4, 0.5) is 14.6 Å². The first-order valence-corrected chi connectivity index (χ1v) is 28.5. The van der Waals surface area contributed by atoms with Gasteiger partial charge in [-0.2, -0.15) is 9.97 Å². The number of phenols is 1. The number of halogens is 3. The van der Waals surface area contributed by atoms with E-state index in [0.29, 0.717) is 46.5 Å². The molecule has 6 heterocycles. The first kappa shape index (κ1) is 56.2. The number of fused-ring (bicyclic) bond motifs is 2. The summed E-state index contributed by atoms with van der Waals surface area (Å²) in [4.78, 5) is 62.7. The zero-order valence-electron chi connectivity index (χ0n) is 45.4. The van der Waals surface area contributed by atoms with Crippen LogP contribution in [-0.4, -0.2) is 140 Å². The second kappa shape index (κ2) is 24.0. The third-order valence-corrected chi connectivity index (χ3v) is 17.0. The molecule has 0 radical (unpaired) electrons. The highest BCUT2D eigenvalue weighted by molar-refractivity contribution is 7.13. The van der Waals surface area contributed by atoms with Crippen LogP contribution in [0.25, 0.3) is 43.2 Å². The van der Waals surface area contributed by atoms with E-state index in [1.807, 2.05) is 93.6 Å². The average molecular weight is 1130 g/mol. The van der Waals surface area contributed by atoms with Crippen LogP contribution < -0.4 is 14.4 Å². The van der Waals surface area contributed by atoms with Gasteiger partial charge in [-0.25, -0.2) is 13.8 Å². The number of Topliss-reactive ketones (excluding diaryl/α,β-unsaturated/α-hetero) is 1. The van der Waals surface area contributed by atoms with Gasteiger partial charge in [0, 0.05) is 69.1 Å². The van der Waals surface area contributed by atoms with Gasteiger partial charge in [-0.05, 0) is 108 Å². The third-order valence-electron chi connectivity index (χ3n) is 15.7. The number of aliphatic hydroxyl groups excluding tert-OH is 1. The van der Waals surface area contributed by atoms with Crippen LogP contribution in [0.15, 0.2) is 95.2 Å². The van der Waals surface area contributed by atoms with E-state index in [2.05, 4.69) is 26.6 Å². The number of aromatic nitrogens is 4. The second-order valence-electron chi connectivity index (χ2n) is 21.8. The number of hydrogen-bond donors (Lipinski definition) is 2. The second-order valence-corrected chi connectivity index (χ2v) is 23.1. The maximum absolute atomic E-state index is 17.2. The van der Waals surface area contributed by atoms with E-state index in [-0.39, 0.29) is 109 Å². The highest BCUT2D eigenvalue weighted by Crippen LogP contribution is 2.43. The number of nitrogens with zero attached hydrogens (tertiary/aromatic N) is 8. The Morgan fingerprint density at radius 1 is 0.950 bits per heavy atom. The number of piperidine rings is 1. The van der Waals surface area contributed by atoms with Crippen LogP contribution in [0.1, 0.15) is 82.2 Å². The van der Waals surface area contributed by atoms with Crippen molar-refractivity contribution >= 4 is 68.0 Å². The summed E-state index contributed by atoms with van der Waals surface area (Å²) in [5.74, 6) is -2.93. The molecular weight excluding hydrogens is 1070 g/mol. The average Bonchev–Trinajstić information content (AvgIpc) is 4.23. The number of aryl methyl sites for hydroxylation is 1. The molecule has 7 aromatic rings. The number of anilines is 1. The minimum Gasteiger partial charge on any atom is -0.508 e. The lowest BCUT2D eigenvalue weighted by Gasteiger charge is -2.35. The highest BCUT2D eigenvalue weighted by Gasteiger charge is 2.43. The molecule has 0 bridgehead atoms. The van der Waals surface area contributed by atoms with E-state index in [1.165, 1.54) is 15.9 Å². The summed E-state index contributed by atoms with van der Waals surface area (Å²) >= 11 is 8.51. The normalized spacial score (nSPS) is 18.5. The molecule has 420 valence electrons. The molecule has 2 N–H and O–H groups in total. The maximum atomic E-state index is 17.2. The number of hydrogen-bond acceptors (Lipinski definition) is 15. The van der Waals surface area contributed by atoms with Crippen molar-refractivity contribution in [3.63, 3.8) is 0 Å². The van der Waals surface area contributed by atoms with E-state index in [0.717, 1.165) is 47.6 Å². The molecule has 10 rings (SSSR count). The molecule has 0 unspecified atom stereocenters. The lowest BCUT2D eigenvalue weighted by molar-refractivity contribution is -0.140. The van der Waals surface area contributed by atoms with Crippen molar-refractivity contribution in [1.82, 2.24) is 34.8 Å². The Labute approximate surface area is 472 Å². The Morgan fingerprint density at radius 2 is 1.69 bits per heavy atom. The van der Waals surface area contributed by atoms with Gasteiger partial charge in [0.15, 0.2) is 23.2 Å². The van der Waals surface area contributed by atoms with Gasteiger partial charge in [0.2, 0.25) is 5.91 Å². The van der Waals surface area contributed by atoms with Gasteiger partial charge in [0.1, 0.15) is 29.1 Å². The number of ketones is 1. The summed E-state index contributed by atoms with van der Waals surface area (Å²) < 4.78 is 49.4. The van der Waals surface area contributed by atoms with Crippen molar-refractivity contribution in [2.75, 3.05) is 63.9 Å². The number of thiazole rings is 1. The number of phenolic OH excluding ortho intramolecular Hbond substituents is 1. The number of ether oxygens (including phenoxy) is 2. The molecule has 3 fully saturated rings.